The second-order valence-corrected chi connectivity index (χ2v) is 7.37. The summed E-state index contributed by atoms with van der Waals surface area (Å²) in [6, 6.07) is 5.45. The number of carbonyl (C=O) groups is 1. The average molecular weight is 328 g/mol. The summed E-state index contributed by atoms with van der Waals surface area (Å²) in [6.07, 6.45) is 7.62. The maximum absolute atomic E-state index is 12.3. The molecule has 23 heavy (non-hydrogen) atoms. The number of likely N-dealkylation sites (tertiary alicyclic amines) is 1. The molecular weight excluding hydrogens is 312 g/mol. The second-order valence-electron chi connectivity index (χ2n) is 5.88. The van der Waals surface area contributed by atoms with Crippen molar-refractivity contribution in [2.75, 3.05) is 18.8 Å². The van der Waals surface area contributed by atoms with E-state index in [1.165, 1.54) is 6.33 Å². The molecule has 1 amide bonds. The van der Waals surface area contributed by atoms with Crippen LogP contribution < -0.4 is 4.74 Å². The zero-order chi connectivity index (χ0) is 15.7. The van der Waals surface area contributed by atoms with Crippen LogP contribution in [0.1, 0.15) is 16.9 Å². The van der Waals surface area contributed by atoms with Gasteiger partial charge in [-0.25, -0.2) is 9.97 Å². The van der Waals surface area contributed by atoms with Gasteiger partial charge >= 0.3 is 0 Å². The normalized spacial score (nSPS) is 21.9. The van der Waals surface area contributed by atoms with Crippen LogP contribution in [0.15, 0.2) is 43.1 Å². The number of ether oxygens (including phenoxy) is 1. The Labute approximate surface area is 138 Å². The Morgan fingerprint density at radius 2 is 2.22 bits per heavy atom. The van der Waals surface area contributed by atoms with Crippen LogP contribution in [0.5, 0.6) is 5.75 Å². The quantitative estimate of drug-likeness (QED) is 0.853. The minimum atomic E-state index is -0.0183. The van der Waals surface area contributed by atoms with E-state index in [1.54, 1.807) is 24.7 Å². The number of nitrogens with zero attached hydrogens (tertiary/aromatic N) is 4. The van der Waals surface area contributed by atoms with Gasteiger partial charge in [-0.1, -0.05) is 0 Å². The fourth-order valence-electron chi connectivity index (χ4n) is 3.08. The highest BCUT2D eigenvalue weighted by Gasteiger charge is 2.51. The van der Waals surface area contributed by atoms with Gasteiger partial charge in [0.25, 0.3) is 5.91 Å². The van der Waals surface area contributed by atoms with Gasteiger partial charge in [-0.05, 0) is 18.2 Å². The molecule has 0 aliphatic carbocycles. The van der Waals surface area contributed by atoms with E-state index in [-0.39, 0.29) is 16.8 Å². The predicted octanol–water partition coefficient (Wildman–Crippen LogP) is 1.65. The third kappa shape index (κ3) is 2.88. The maximum Gasteiger partial charge on any atom is 0.272 e. The van der Waals surface area contributed by atoms with Gasteiger partial charge in [0.2, 0.25) is 0 Å². The van der Waals surface area contributed by atoms with Crippen LogP contribution >= 0.6 is 11.8 Å². The van der Waals surface area contributed by atoms with E-state index in [2.05, 4.69) is 15.0 Å². The topological polar surface area (TPSA) is 68.2 Å². The molecule has 2 aromatic heterocycles. The lowest BCUT2D eigenvalue weighted by Crippen LogP contribution is -2.61. The van der Waals surface area contributed by atoms with Gasteiger partial charge in [0.05, 0.1) is 10.9 Å². The van der Waals surface area contributed by atoms with Gasteiger partial charge < -0.3 is 9.64 Å². The molecule has 1 unspecified atom stereocenters. The molecule has 2 saturated heterocycles. The number of carbonyl (C=O) groups excluding carboxylic acids is 1. The molecule has 4 heterocycles. The fraction of sp³-hybridized carbons (Fsp3) is 0.375. The van der Waals surface area contributed by atoms with Crippen molar-refractivity contribution in [2.24, 2.45) is 0 Å². The van der Waals surface area contributed by atoms with Gasteiger partial charge in [0, 0.05) is 37.7 Å². The highest BCUT2D eigenvalue weighted by atomic mass is 32.2. The Morgan fingerprint density at radius 1 is 1.30 bits per heavy atom. The lowest BCUT2D eigenvalue weighted by molar-refractivity contribution is 0.0512. The maximum atomic E-state index is 12.3. The first-order valence-corrected chi connectivity index (χ1v) is 8.49. The zero-order valence-electron chi connectivity index (χ0n) is 12.5. The van der Waals surface area contributed by atoms with Crippen LogP contribution in [0, 0.1) is 0 Å². The molecule has 2 aliphatic heterocycles. The van der Waals surface area contributed by atoms with Crippen LogP contribution in [0.4, 0.5) is 0 Å². The molecule has 1 atom stereocenters. The highest BCUT2D eigenvalue weighted by Crippen LogP contribution is 2.46. The number of pyridine rings is 1. The predicted molar refractivity (Wildman–Crippen MR) is 86.4 cm³/mol. The molecule has 2 fully saturated rings. The number of hydrogen-bond acceptors (Lipinski definition) is 6. The summed E-state index contributed by atoms with van der Waals surface area (Å²) in [5.74, 6) is 1.74. The molecule has 1 spiro atoms. The smallest absolute Gasteiger partial charge is 0.272 e. The zero-order valence-corrected chi connectivity index (χ0v) is 13.3. The Balaban J connectivity index is 1.34. The number of amides is 1. The summed E-state index contributed by atoms with van der Waals surface area (Å²) in [4.78, 5) is 26.1. The van der Waals surface area contributed by atoms with Gasteiger partial charge in [0.15, 0.2) is 0 Å². The Hall–Kier alpha value is -2.15. The minimum absolute atomic E-state index is 0.0183. The first-order chi connectivity index (χ1) is 11.2. The fourth-order valence-corrected chi connectivity index (χ4v) is 4.60. The van der Waals surface area contributed by atoms with Gasteiger partial charge in [-0.2, -0.15) is 0 Å². The van der Waals surface area contributed by atoms with Crippen LogP contribution in [-0.4, -0.2) is 55.5 Å². The van der Waals surface area contributed by atoms with Crippen molar-refractivity contribution in [3.63, 3.8) is 0 Å². The Bertz CT molecular complexity index is 692. The number of aromatic nitrogens is 3. The molecule has 0 aromatic carbocycles. The van der Waals surface area contributed by atoms with E-state index in [0.29, 0.717) is 5.69 Å². The van der Waals surface area contributed by atoms with E-state index in [4.69, 9.17) is 4.74 Å². The van der Waals surface area contributed by atoms with Gasteiger partial charge in [-0.15, -0.1) is 11.8 Å². The van der Waals surface area contributed by atoms with E-state index in [0.717, 1.165) is 31.0 Å². The first kappa shape index (κ1) is 14.4. The molecule has 4 rings (SSSR count). The summed E-state index contributed by atoms with van der Waals surface area (Å²) in [5.41, 5.74) is 0.459. The highest BCUT2D eigenvalue weighted by molar-refractivity contribution is 8.01. The summed E-state index contributed by atoms with van der Waals surface area (Å²) < 4.78 is 6.11. The van der Waals surface area contributed by atoms with Gasteiger partial charge in [0.1, 0.15) is 23.9 Å². The lowest BCUT2D eigenvalue weighted by atomic mass is 9.92. The Kier molecular flexibility index (Phi) is 3.65. The van der Waals surface area contributed by atoms with Crippen molar-refractivity contribution in [3.8, 4) is 5.75 Å². The number of rotatable bonds is 3. The molecule has 0 radical (unpaired) electrons. The summed E-state index contributed by atoms with van der Waals surface area (Å²) >= 11 is 1.90. The number of hydrogen-bond donors (Lipinski definition) is 0. The van der Waals surface area contributed by atoms with Crippen LogP contribution in [0.25, 0.3) is 0 Å². The monoisotopic (exact) mass is 328 g/mol. The van der Waals surface area contributed by atoms with Gasteiger partial charge in [-0.3, -0.25) is 9.78 Å². The molecule has 2 aromatic rings. The summed E-state index contributed by atoms with van der Waals surface area (Å²) in [7, 11) is 0. The number of thioether (sulfide) groups is 1. The van der Waals surface area contributed by atoms with Crippen LogP contribution in [0.2, 0.25) is 0 Å². The second kappa shape index (κ2) is 5.81. The van der Waals surface area contributed by atoms with Crippen molar-refractivity contribution in [1.29, 1.82) is 0 Å². The average Bonchev–Trinajstić information content (AvgIpc) is 2.99. The first-order valence-electron chi connectivity index (χ1n) is 7.50. The lowest BCUT2D eigenvalue weighted by Gasteiger charge is -2.47. The van der Waals surface area contributed by atoms with Crippen molar-refractivity contribution in [1.82, 2.24) is 19.9 Å². The van der Waals surface area contributed by atoms with Crippen molar-refractivity contribution < 1.29 is 9.53 Å². The minimum Gasteiger partial charge on any atom is -0.488 e. The van der Waals surface area contributed by atoms with E-state index < -0.39 is 0 Å². The molecule has 0 saturated carbocycles. The molecule has 0 bridgehead atoms. The largest absolute Gasteiger partial charge is 0.488 e. The standard InChI is InChI=1S/C16H16N4O2S/c21-15(14-3-5-18-11-19-14)20-9-16(10-20)6-13(8-23-16)22-12-2-1-4-17-7-12/h1-5,7,11,13H,6,8-10H2. The van der Waals surface area contributed by atoms with Crippen LogP contribution in [0.3, 0.4) is 0 Å². The third-order valence-corrected chi connectivity index (χ3v) is 5.73. The molecule has 2 aliphatic rings. The van der Waals surface area contributed by atoms with E-state index >= 15 is 0 Å². The molecule has 118 valence electrons. The summed E-state index contributed by atoms with van der Waals surface area (Å²) in [6.45, 7) is 1.51. The summed E-state index contributed by atoms with van der Waals surface area (Å²) in [5, 5.41) is 0. The van der Waals surface area contributed by atoms with E-state index in [9.17, 15) is 4.79 Å². The van der Waals surface area contributed by atoms with Crippen molar-refractivity contribution in [2.45, 2.75) is 17.3 Å². The molecule has 0 N–H and O–H groups in total. The van der Waals surface area contributed by atoms with E-state index in [1.807, 2.05) is 28.8 Å². The SMILES string of the molecule is O=C(c1ccncn1)N1CC2(CC(Oc3cccnc3)CS2)C1. The molecule has 6 nitrogen and oxygen atoms in total. The van der Waals surface area contributed by atoms with Crippen molar-refractivity contribution in [3.05, 3.63) is 48.8 Å². The molecular formula is C16H16N4O2S. The third-order valence-electron chi connectivity index (χ3n) is 4.16. The molecule has 7 heteroatoms. The Morgan fingerprint density at radius 3 is 2.96 bits per heavy atom. The van der Waals surface area contributed by atoms with Crippen molar-refractivity contribution >= 4 is 17.7 Å². The van der Waals surface area contributed by atoms with Crippen LogP contribution in [-0.2, 0) is 0 Å².